The van der Waals surface area contributed by atoms with Crippen LogP contribution in [-0.2, 0) is 0 Å². The van der Waals surface area contributed by atoms with Crippen LogP contribution in [0.3, 0.4) is 0 Å². The minimum Gasteiger partial charge on any atom is -0.496 e. The third-order valence-electron chi connectivity index (χ3n) is 4.04. The van der Waals surface area contributed by atoms with Crippen molar-refractivity contribution >= 4 is 22.4 Å². The number of thiazole rings is 1. The van der Waals surface area contributed by atoms with Gasteiger partial charge in [-0.1, -0.05) is 24.3 Å². The van der Waals surface area contributed by atoms with Crippen molar-refractivity contribution in [3.8, 4) is 22.8 Å². The number of amides is 1. The van der Waals surface area contributed by atoms with Gasteiger partial charge in [0.2, 0.25) is 0 Å². The number of aromatic nitrogens is 1. The first kappa shape index (κ1) is 19.9. The molecule has 0 atom stereocenters. The SMILES string of the molecule is COc1ccccc1C(=O)Nc1nc(-c2ccccc2OCCN(C)C)cs1. The van der Waals surface area contributed by atoms with Crippen LogP contribution in [0, 0.1) is 0 Å². The summed E-state index contributed by atoms with van der Waals surface area (Å²) in [7, 11) is 5.56. The maximum Gasteiger partial charge on any atom is 0.261 e. The molecule has 0 aliphatic carbocycles. The van der Waals surface area contributed by atoms with Gasteiger partial charge >= 0.3 is 0 Å². The van der Waals surface area contributed by atoms with Crippen molar-refractivity contribution in [2.24, 2.45) is 0 Å². The van der Waals surface area contributed by atoms with Crippen molar-refractivity contribution < 1.29 is 14.3 Å². The van der Waals surface area contributed by atoms with Crippen molar-refractivity contribution in [1.29, 1.82) is 0 Å². The van der Waals surface area contributed by atoms with E-state index in [2.05, 4.69) is 15.2 Å². The lowest BCUT2D eigenvalue weighted by molar-refractivity contribution is 0.102. The summed E-state index contributed by atoms with van der Waals surface area (Å²) >= 11 is 1.37. The van der Waals surface area contributed by atoms with E-state index in [1.165, 1.54) is 11.3 Å². The lowest BCUT2D eigenvalue weighted by Gasteiger charge is -2.13. The van der Waals surface area contributed by atoms with Gasteiger partial charge in [-0.05, 0) is 38.4 Å². The second-order valence-electron chi connectivity index (χ2n) is 6.34. The van der Waals surface area contributed by atoms with Gasteiger partial charge in [-0.2, -0.15) is 0 Å². The molecule has 146 valence electrons. The molecule has 0 bridgehead atoms. The van der Waals surface area contributed by atoms with Crippen LogP contribution in [0.4, 0.5) is 5.13 Å². The number of nitrogens with zero attached hydrogens (tertiary/aromatic N) is 2. The van der Waals surface area contributed by atoms with Crippen molar-refractivity contribution in [2.45, 2.75) is 0 Å². The number of rotatable bonds is 8. The van der Waals surface area contributed by atoms with E-state index in [0.717, 1.165) is 23.6 Å². The van der Waals surface area contributed by atoms with Crippen molar-refractivity contribution in [2.75, 3.05) is 39.7 Å². The highest BCUT2D eigenvalue weighted by atomic mass is 32.1. The van der Waals surface area contributed by atoms with Crippen LogP contribution in [0.2, 0.25) is 0 Å². The Bertz CT molecular complexity index is 940. The molecule has 28 heavy (non-hydrogen) atoms. The molecule has 0 radical (unpaired) electrons. The summed E-state index contributed by atoms with van der Waals surface area (Å²) in [6, 6.07) is 14.9. The van der Waals surface area contributed by atoms with Gasteiger partial charge in [-0.3, -0.25) is 10.1 Å². The number of benzene rings is 2. The Morgan fingerprint density at radius 2 is 1.82 bits per heavy atom. The van der Waals surface area contributed by atoms with Crippen molar-refractivity contribution in [3.05, 3.63) is 59.5 Å². The Morgan fingerprint density at radius 1 is 1.11 bits per heavy atom. The average molecular weight is 398 g/mol. The topological polar surface area (TPSA) is 63.7 Å². The number of carbonyl (C=O) groups excluding carboxylic acids is 1. The first-order chi connectivity index (χ1) is 13.6. The summed E-state index contributed by atoms with van der Waals surface area (Å²) in [6.45, 7) is 1.41. The first-order valence-corrected chi connectivity index (χ1v) is 9.73. The van der Waals surface area contributed by atoms with Crippen LogP contribution < -0.4 is 14.8 Å². The average Bonchev–Trinajstić information content (AvgIpc) is 3.16. The second-order valence-corrected chi connectivity index (χ2v) is 7.20. The Morgan fingerprint density at radius 3 is 2.57 bits per heavy atom. The molecule has 0 saturated carbocycles. The van der Waals surface area contributed by atoms with E-state index in [0.29, 0.717) is 23.1 Å². The number of hydrogen-bond acceptors (Lipinski definition) is 6. The zero-order valence-electron chi connectivity index (χ0n) is 16.1. The molecule has 7 heteroatoms. The fourth-order valence-corrected chi connectivity index (χ4v) is 3.30. The number of ether oxygens (including phenoxy) is 2. The normalized spacial score (nSPS) is 10.7. The van der Waals surface area contributed by atoms with E-state index < -0.39 is 0 Å². The molecule has 2 aromatic carbocycles. The summed E-state index contributed by atoms with van der Waals surface area (Å²) in [4.78, 5) is 19.2. The maximum atomic E-state index is 12.6. The minimum absolute atomic E-state index is 0.256. The number of hydrogen-bond donors (Lipinski definition) is 1. The van der Waals surface area contributed by atoms with Crippen LogP contribution in [0.5, 0.6) is 11.5 Å². The van der Waals surface area contributed by atoms with Crippen LogP contribution in [0.1, 0.15) is 10.4 Å². The van der Waals surface area contributed by atoms with Gasteiger partial charge in [-0.25, -0.2) is 4.98 Å². The number of methoxy groups -OCH3 is 1. The lowest BCUT2D eigenvalue weighted by Crippen LogP contribution is -2.19. The van der Waals surface area contributed by atoms with E-state index in [1.54, 1.807) is 25.3 Å². The molecule has 0 spiro atoms. The Kier molecular flexibility index (Phi) is 6.62. The third-order valence-corrected chi connectivity index (χ3v) is 4.79. The Balaban J connectivity index is 1.75. The molecule has 0 fully saturated rings. The van der Waals surface area contributed by atoms with Gasteiger partial charge in [0.05, 0.1) is 18.4 Å². The van der Waals surface area contributed by atoms with Crippen molar-refractivity contribution in [1.82, 2.24) is 9.88 Å². The molecule has 1 aromatic heterocycles. The highest BCUT2D eigenvalue weighted by Crippen LogP contribution is 2.32. The molecule has 0 unspecified atom stereocenters. The molecular weight excluding hydrogens is 374 g/mol. The summed E-state index contributed by atoms with van der Waals surface area (Å²) in [5, 5.41) is 5.27. The molecule has 0 aliphatic rings. The molecular formula is C21H23N3O3S. The van der Waals surface area contributed by atoms with Gasteiger partial charge in [-0.15, -0.1) is 11.3 Å². The molecule has 1 N–H and O–H groups in total. The number of likely N-dealkylation sites (N-methyl/N-ethyl adjacent to an activating group) is 1. The quantitative estimate of drug-likeness (QED) is 0.622. The summed E-state index contributed by atoms with van der Waals surface area (Å²) in [5.41, 5.74) is 2.13. The van der Waals surface area contributed by atoms with Gasteiger partial charge in [0.15, 0.2) is 5.13 Å². The van der Waals surface area contributed by atoms with Gasteiger partial charge in [0.25, 0.3) is 5.91 Å². The molecule has 1 heterocycles. The van der Waals surface area contributed by atoms with E-state index in [1.807, 2.05) is 49.8 Å². The Labute approximate surface area is 168 Å². The molecule has 3 aromatic rings. The molecule has 0 aliphatic heterocycles. The summed E-state index contributed by atoms with van der Waals surface area (Å²) < 4.78 is 11.2. The van der Waals surface area contributed by atoms with Crippen LogP contribution in [0.15, 0.2) is 53.9 Å². The third kappa shape index (κ3) is 4.88. The van der Waals surface area contributed by atoms with Crippen LogP contribution in [-0.4, -0.2) is 50.1 Å². The number of para-hydroxylation sites is 2. The van der Waals surface area contributed by atoms with E-state index in [-0.39, 0.29) is 5.91 Å². The maximum absolute atomic E-state index is 12.6. The van der Waals surface area contributed by atoms with Crippen LogP contribution >= 0.6 is 11.3 Å². The molecule has 1 amide bonds. The minimum atomic E-state index is -0.256. The van der Waals surface area contributed by atoms with E-state index in [4.69, 9.17) is 9.47 Å². The largest absolute Gasteiger partial charge is 0.496 e. The number of carbonyl (C=O) groups is 1. The highest BCUT2D eigenvalue weighted by molar-refractivity contribution is 7.14. The van der Waals surface area contributed by atoms with Crippen LogP contribution in [0.25, 0.3) is 11.3 Å². The Hall–Kier alpha value is -2.90. The zero-order valence-corrected chi connectivity index (χ0v) is 17.0. The fraction of sp³-hybridized carbons (Fsp3) is 0.238. The van der Waals surface area contributed by atoms with E-state index >= 15 is 0 Å². The van der Waals surface area contributed by atoms with Gasteiger partial charge in [0.1, 0.15) is 18.1 Å². The van der Waals surface area contributed by atoms with Crippen molar-refractivity contribution in [3.63, 3.8) is 0 Å². The monoisotopic (exact) mass is 397 g/mol. The molecule has 6 nitrogen and oxygen atoms in total. The van der Waals surface area contributed by atoms with E-state index in [9.17, 15) is 4.79 Å². The molecule has 0 saturated heterocycles. The smallest absolute Gasteiger partial charge is 0.261 e. The second kappa shape index (κ2) is 9.34. The first-order valence-electron chi connectivity index (χ1n) is 8.85. The summed E-state index contributed by atoms with van der Waals surface area (Å²) in [5.74, 6) is 1.04. The fourth-order valence-electron chi connectivity index (χ4n) is 2.59. The predicted molar refractivity (Wildman–Crippen MR) is 113 cm³/mol. The predicted octanol–water partition coefficient (Wildman–Crippen LogP) is 4.01. The van der Waals surface area contributed by atoms with Gasteiger partial charge < -0.3 is 14.4 Å². The zero-order chi connectivity index (χ0) is 19.9. The number of anilines is 1. The summed E-state index contributed by atoms with van der Waals surface area (Å²) in [6.07, 6.45) is 0. The lowest BCUT2D eigenvalue weighted by atomic mass is 10.1. The molecule has 3 rings (SSSR count). The number of nitrogens with one attached hydrogen (secondary N) is 1. The highest BCUT2D eigenvalue weighted by Gasteiger charge is 2.15. The van der Waals surface area contributed by atoms with Gasteiger partial charge in [0, 0.05) is 17.5 Å². The standard InChI is InChI=1S/C21H23N3O3S/c1-24(2)12-13-27-19-11-7-4-8-15(19)17-14-28-21(22-17)23-20(25)16-9-5-6-10-18(16)26-3/h4-11,14H,12-13H2,1-3H3,(H,22,23,25).